The van der Waals surface area contributed by atoms with Crippen LogP contribution in [0.4, 0.5) is 0 Å². The van der Waals surface area contributed by atoms with Gasteiger partial charge in [0.2, 0.25) is 0 Å². The molecule has 6 atom stereocenters. The summed E-state index contributed by atoms with van der Waals surface area (Å²) in [6.07, 6.45) is 14.8. The molecular weight excluding hydrogens is 641 g/mol. The normalized spacial score (nSPS) is 31.2. The number of hydrogen-bond donors (Lipinski definition) is 0. The first-order chi connectivity index (χ1) is 21.6. The van der Waals surface area contributed by atoms with Gasteiger partial charge >= 0.3 is 0 Å². The standard InChI is InChI=1S/C41H80O4Si3/c1-30(42-27-26-38(2,3)4)33-23-24-34-32(20-19-25-41(33,34)11)22-21-31-28-35(43-47(15,16)39(5,6)7)37(45-46(12,13)14)36(29-31)44-48(17,18)40(8,9)10/h21-22,30,33-37H,19-20,23-29H2,1-18H3/b31-21?,32-22+/t30-,33?,34?,35-,36-,37?,41?/m1/s1. The summed E-state index contributed by atoms with van der Waals surface area (Å²) in [6.45, 7) is 43.4. The maximum Gasteiger partial charge on any atom is 0.192 e. The number of rotatable bonds is 11. The molecule has 3 aliphatic carbocycles. The molecule has 0 aromatic heterocycles. The average molecular weight is 721 g/mol. The van der Waals surface area contributed by atoms with Crippen LogP contribution >= 0.6 is 0 Å². The van der Waals surface area contributed by atoms with E-state index in [9.17, 15) is 0 Å². The van der Waals surface area contributed by atoms with Crippen LogP contribution in [0.5, 0.6) is 0 Å². The first-order valence-corrected chi connectivity index (χ1v) is 28.8. The van der Waals surface area contributed by atoms with E-state index in [1.54, 1.807) is 5.57 Å². The Kier molecular flexibility index (Phi) is 13.4. The summed E-state index contributed by atoms with van der Waals surface area (Å²) in [5.41, 5.74) is 3.80. The lowest BCUT2D eigenvalue weighted by atomic mass is 9.62. The predicted molar refractivity (Wildman–Crippen MR) is 215 cm³/mol. The molecule has 0 aromatic carbocycles. The maximum atomic E-state index is 7.33. The highest BCUT2D eigenvalue weighted by Crippen LogP contribution is 2.59. The molecule has 0 amide bonds. The first-order valence-electron chi connectivity index (χ1n) is 19.6. The highest BCUT2D eigenvalue weighted by molar-refractivity contribution is 6.74. The van der Waals surface area contributed by atoms with Gasteiger partial charge < -0.3 is 18.0 Å². The Morgan fingerprint density at radius 3 is 1.75 bits per heavy atom. The average Bonchev–Trinajstić information content (AvgIpc) is 3.23. The molecule has 0 bridgehead atoms. The summed E-state index contributed by atoms with van der Waals surface area (Å²) >= 11 is 0. The monoisotopic (exact) mass is 721 g/mol. The fraction of sp³-hybridized carbons (Fsp3) is 0.902. The van der Waals surface area contributed by atoms with Gasteiger partial charge in [0.25, 0.3) is 0 Å². The third kappa shape index (κ3) is 10.8. The van der Waals surface area contributed by atoms with E-state index in [2.05, 4.69) is 134 Å². The Balaban J connectivity index is 1.95. The fourth-order valence-corrected chi connectivity index (χ4v) is 11.8. The molecule has 7 heteroatoms. The Morgan fingerprint density at radius 2 is 1.29 bits per heavy atom. The van der Waals surface area contributed by atoms with Crippen molar-refractivity contribution in [3.05, 3.63) is 23.3 Å². The third-order valence-corrected chi connectivity index (χ3v) is 23.0. The highest BCUT2D eigenvalue weighted by atomic mass is 28.4. The lowest BCUT2D eigenvalue weighted by molar-refractivity contribution is -0.0502. The van der Waals surface area contributed by atoms with Crippen LogP contribution in [0.1, 0.15) is 128 Å². The molecule has 3 rings (SSSR count). The predicted octanol–water partition coefficient (Wildman–Crippen LogP) is 12.7. The van der Waals surface area contributed by atoms with E-state index in [0.29, 0.717) is 28.8 Å². The Bertz CT molecular complexity index is 1090. The summed E-state index contributed by atoms with van der Waals surface area (Å²) < 4.78 is 28.3. The molecule has 280 valence electrons. The Labute approximate surface area is 302 Å². The van der Waals surface area contributed by atoms with Crippen LogP contribution in [-0.4, -0.2) is 56.0 Å². The van der Waals surface area contributed by atoms with E-state index < -0.39 is 25.0 Å². The van der Waals surface area contributed by atoms with Gasteiger partial charge in [0.05, 0.1) is 24.4 Å². The molecule has 0 spiro atoms. The molecule has 3 fully saturated rings. The van der Waals surface area contributed by atoms with Gasteiger partial charge in [0.15, 0.2) is 25.0 Å². The van der Waals surface area contributed by atoms with Gasteiger partial charge in [0.1, 0.15) is 0 Å². The molecule has 0 aliphatic heterocycles. The van der Waals surface area contributed by atoms with Crippen LogP contribution in [0.15, 0.2) is 23.3 Å². The van der Waals surface area contributed by atoms with Crippen molar-refractivity contribution in [1.29, 1.82) is 0 Å². The van der Waals surface area contributed by atoms with E-state index in [-0.39, 0.29) is 28.4 Å². The minimum absolute atomic E-state index is 0.0179. The molecule has 3 unspecified atom stereocenters. The second-order valence-corrected chi connectivity index (χ2v) is 35.5. The third-order valence-electron chi connectivity index (χ3n) is 13.0. The number of fused-ring (bicyclic) bond motifs is 1. The van der Waals surface area contributed by atoms with E-state index >= 15 is 0 Å². The van der Waals surface area contributed by atoms with Crippen LogP contribution in [-0.2, 0) is 18.0 Å². The largest absolute Gasteiger partial charge is 0.411 e. The van der Waals surface area contributed by atoms with Crippen LogP contribution in [0.3, 0.4) is 0 Å². The topological polar surface area (TPSA) is 36.9 Å². The van der Waals surface area contributed by atoms with E-state index in [1.807, 2.05) is 0 Å². The molecule has 3 saturated carbocycles. The number of ether oxygens (including phenoxy) is 1. The van der Waals surface area contributed by atoms with Gasteiger partial charge in [0, 0.05) is 6.61 Å². The fourth-order valence-electron chi connectivity index (χ4n) is 8.04. The molecular formula is C41H80O4Si3. The van der Waals surface area contributed by atoms with Crippen molar-refractivity contribution >= 4 is 25.0 Å². The lowest BCUT2D eigenvalue weighted by Crippen LogP contribution is -2.58. The van der Waals surface area contributed by atoms with E-state index in [1.165, 1.54) is 37.7 Å². The van der Waals surface area contributed by atoms with Crippen molar-refractivity contribution < 1.29 is 18.0 Å². The summed E-state index contributed by atoms with van der Waals surface area (Å²) in [5.74, 6) is 1.30. The molecule has 3 aliphatic rings. The van der Waals surface area contributed by atoms with E-state index in [4.69, 9.17) is 18.0 Å². The Morgan fingerprint density at radius 1 is 0.771 bits per heavy atom. The lowest BCUT2D eigenvalue weighted by Gasteiger charge is -2.49. The van der Waals surface area contributed by atoms with Crippen LogP contribution < -0.4 is 0 Å². The van der Waals surface area contributed by atoms with Crippen molar-refractivity contribution in [3.8, 4) is 0 Å². The summed E-state index contributed by atoms with van der Waals surface area (Å²) in [7, 11) is -5.96. The van der Waals surface area contributed by atoms with Crippen LogP contribution in [0.2, 0.25) is 55.9 Å². The second kappa shape index (κ2) is 15.1. The molecule has 0 radical (unpaired) electrons. The second-order valence-electron chi connectivity index (χ2n) is 21.5. The van der Waals surface area contributed by atoms with Gasteiger partial charge in [-0.2, -0.15) is 0 Å². The van der Waals surface area contributed by atoms with Gasteiger partial charge in [-0.1, -0.05) is 92.5 Å². The minimum atomic E-state index is -2.05. The number of hydrogen-bond acceptors (Lipinski definition) is 4. The zero-order chi connectivity index (χ0) is 36.7. The van der Waals surface area contributed by atoms with Crippen LogP contribution in [0, 0.1) is 22.7 Å². The zero-order valence-corrected chi connectivity index (χ0v) is 38.1. The Hall–Kier alpha value is -0.0294. The SMILES string of the molecule is C[C@@H](OCCC(C)(C)C)C1CCC2/C(=C/C=C3C[C@@H](O[Si](C)(C)C(C)(C)C)C(O[Si](C)(C)C)[C@H](O[Si](C)(C)C(C)(C)C)C3)CCCC21C. The van der Waals surface area contributed by atoms with Gasteiger partial charge in [-0.25, -0.2) is 0 Å². The van der Waals surface area contributed by atoms with Gasteiger partial charge in [-0.15, -0.1) is 0 Å². The van der Waals surface area contributed by atoms with Crippen molar-refractivity contribution in [1.82, 2.24) is 0 Å². The van der Waals surface area contributed by atoms with Crippen molar-refractivity contribution in [3.63, 3.8) is 0 Å². The molecule has 48 heavy (non-hydrogen) atoms. The van der Waals surface area contributed by atoms with Gasteiger partial charge in [-0.3, -0.25) is 0 Å². The van der Waals surface area contributed by atoms with E-state index in [0.717, 1.165) is 25.9 Å². The zero-order valence-electron chi connectivity index (χ0n) is 35.1. The summed E-state index contributed by atoms with van der Waals surface area (Å²) in [6, 6.07) is 0. The molecule has 0 N–H and O–H groups in total. The molecule has 0 aromatic rings. The minimum Gasteiger partial charge on any atom is -0.411 e. The molecule has 0 heterocycles. The number of allylic oxidation sites excluding steroid dienone is 3. The quantitative estimate of drug-likeness (QED) is 0.199. The van der Waals surface area contributed by atoms with Crippen molar-refractivity contribution in [2.75, 3.05) is 6.61 Å². The van der Waals surface area contributed by atoms with Crippen molar-refractivity contribution in [2.24, 2.45) is 22.7 Å². The summed E-state index contributed by atoms with van der Waals surface area (Å²) in [4.78, 5) is 0. The maximum absolute atomic E-state index is 7.33. The summed E-state index contributed by atoms with van der Waals surface area (Å²) in [5, 5.41) is 0.268. The first kappa shape index (κ1) is 42.4. The molecule has 0 saturated heterocycles. The van der Waals surface area contributed by atoms with Crippen LogP contribution in [0.25, 0.3) is 0 Å². The van der Waals surface area contributed by atoms with Gasteiger partial charge in [-0.05, 0) is 137 Å². The van der Waals surface area contributed by atoms with Crippen molar-refractivity contribution in [2.45, 2.75) is 208 Å². The smallest absolute Gasteiger partial charge is 0.192 e. The molecule has 4 nitrogen and oxygen atoms in total. The highest BCUT2D eigenvalue weighted by Gasteiger charge is 2.52.